The van der Waals surface area contributed by atoms with Crippen LogP contribution in [0.5, 0.6) is 0 Å². The summed E-state index contributed by atoms with van der Waals surface area (Å²) in [4.78, 5) is 19.6. The van der Waals surface area contributed by atoms with Gasteiger partial charge in [-0.15, -0.1) is 11.3 Å². The van der Waals surface area contributed by atoms with Crippen LogP contribution in [-0.2, 0) is 0 Å². The number of amides is 2. The summed E-state index contributed by atoms with van der Waals surface area (Å²) in [5, 5.41) is 12.7. The molecule has 1 saturated heterocycles. The Morgan fingerprint density at radius 2 is 2.35 bits per heavy atom. The Hall–Kier alpha value is -0.790. The highest BCUT2D eigenvalue weighted by molar-refractivity contribution is 7.99. The Balaban J connectivity index is 2.02. The number of carbonyl (C=O) groups excluding carboxylic acids is 1. The average Bonchev–Trinajstić information content (AvgIpc) is 2.75. The number of aryl methyl sites for hydroxylation is 2. The number of rotatable bonds is 4. The van der Waals surface area contributed by atoms with Gasteiger partial charge in [-0.2, -0.15) is 11.8 Å². The van der Waals surface area contributed by atoms with Crippen molar-refractivity contribution in [3.8, 4) is 0 Å². The monoisotopic (exact) mass is 315 g/mol. The Kier molecular flexibility index (Phi) is 5.68. The smallest absolute Gasteiger partial charge is 0.324 e. The number of nitrogens with zero attached hydrogens (tertiary/aromatic N) is 2. The van der Waals surface area contributed by atoms with Crippen LogP contribution < -0.4 is 5.32 Å². The van der Waals surface area contributed by atoms with Crippen molar-refractivity contribution in [2.45, 2.75) is 32.7 Å². The molecule has 0 radical (unpaired) electrons. The first-order valence-corrected chi connectivity index (χ1v) is 8.79. The standard InChI is InChI=1S/C13H21N3O2S2/c1-9-10(2)20-12(14-9)15-13(18)16(5-6-17)11-4-3-7-19-8-11/h11,17H,3-8H2,1-2H3,(H,14,15,18). The van der Waals surface area contributed by atoms with Crippen LogP contribution in [0, 0.1) is 13.8 Å². The first-order valence-electron chi connectivity index (χ1n) is 6.82. The first kappa shape index (κ1) is 15.6. The highest BCUT2D eigenvalue weighted by Crippen LogP contribution is 2.24. The molecule has 1 aliphatic rings. The van der Waals surface area contributed by atoms with E-state index < -0.39 is 0 Å². The summed E-state index contributed by atoms with van der Waals surface area (Å²) >= 11 is 3.36. The molecule has 1 unspecified atom stereocenters. The summed E-state index contributed by atoms with van der Waals surface area (Å²) in [6.45, 7) is 4.29. The lowest BCUT2D eigenvalue weighted by Crippen LogP contribution is -2.46. The zero-order valence-corrected chi connectivity index (χ0v) is 13.5. The van der Waals surface area contributed by atoms with Crippen molar-refractivity contribution in [2.24, 2.45) is 0 Å². The van der Waals surface area contributed by atoms with Crippen molar-refractivity contribution in [1.82, 2.24) is 9.88 Å². The third-order valence-corrected chi connectivity index (χ3v) is 5.61. The first-order chi connectivity index (χ1) is 9.61. The van der Waals surface area contributed by atoms with Crippen molar-refractivity contribution >= 4 is 34.3 Å². The van der Waals surface area contributed by atoms with Crippen molar-refractivity contribution in [2.75, 3.05) is 30.0 Å². The highest BCUT2D eigenvalue weighted by Gasteiger charge is 2.25. The molecule has 1 fully saturated rings. The third-order valence-electron chi connectivity index (χ3n) is 3.42. The zero-order valence-electron chi connectivity index (χ0n) is 11.9. The van der Waals surface area contributed by atoms with E-state index in [1.807, 2.05) is 25.6 Å². The van der Waals surface area contributed by atoms with Gasteiger partial charge in [0.1, 0.15) is 0 Å². The molecule has 2 heterocycles. The van der Waals surface area contributed by atoms with Gasteiger partial charge < -0.3 is 10.0 Å². The third kappa shape index (κ3) is 3.86. The number of urea groups is 1. The van der Waals surface area contributed by atoms with Gasteiger partial charge in [-0.1, -0.05) is 0 Å². The van der Waals surface area contributed by atoms with Crippen molar-refractivity contribution < 1.29 is 9.90 Å². The fraction of sp³-hybridized carbons (Fsp3) is 0.692. The van der Waals surface area contributed by atoms with Crippen LogP contribution in [0.4, 0.5) is 9.93 Å². The van der Waals surface area contributed by atoms with Crippen LogP contribution in [-0.4, -0.2) is 51.7 Å². The van der Waals surface area contributed by atoms with E-state index in [4.69, 9.17) is 0 Å². The number of carbonyl (C=O) groups is 1. The Bertz CT molecular complexity index is 439. The molecule has 0 aromatic carbocycles. The molecule has 0 aliphatic carbocycles. The number of aliphatic hydroxyl groups excluding tert-OH is 1. The van der Waals surface area contributed by atoms with E-state index in [0.29, 0.717) is 11.7 Å². The number of thioether (sulfide) groups is 1. The second-order valence-electron chi connectivity index (χ2n) is 4.88. The van der Waals surface area contributed by atoms with E-state index >= 15 is 0 Å². The lowest BCUT2D eigenvalue weighted by molar-refractivity contribution is 0.164. The minimum Gasteiger partial charge on any atom is -0.395 e. The van der Waals surface area contributed by atoms with E-state index in [1.54, 1.807) is 4.90 Å². The lowest BCUT2D eigenvalue weighted by Gasteiger charge is -2.33. The molecule has 112 valence electrons. The summed E-state index contributed by atoms with van der Waals surface area (Å²) in [6.07, 6.45) is 2.14. The number of aromatic nitrogens is 1. The molecule has 1 aliphatic heterocycles. The maximum Gasteiger partial charge on any atom is 0.324 e. The topological polar surface area (TPSA) is 65.5 Å². The molecule has 1 aromatic heterocycles. The van der Waals surface area contributed by atoms with Crippen molar-refractivity contribution in [1.29, 1.82) is 0 Å². The Morgan fingerprint density at radius 1 is 1.55 bits per heavy atom. The van der Waals surface area contributed by atoms with E-state index in [1.165, 1.54) is 11.3 Å². The quantitative estimate of drug-likeness (QED) is 0.896. The molecule has 20 heavy (non-hydrogen) atoms. The summed E-state index contributed by atoms with van der Waals surface area (Å²) in [5.41, 5.74) is 0.951. The van der Waals surface area contributed by atoms with Gasteiger partial charge in [0, 0.05) is 23.2 Å². The fourth-order valence-electron chi connectivity index (χ4n) is 2.22. The van der Waals surface area contributed by atoms with Gasteiger partial charge in [0.15, 0.2) is 5.13 Å². The van der Waals surface area contributed by atoms with Crippen LogP contribution in [0.3, 0.4) is 0 Å². The summed E-state index contributed by atoms with van der Waals surface area (Å²) in [7, 11) is 0. The van der Waals surface area contributed by atoms with Crippen LogP contribution in [0.15, 0.2) is 0 Å². The summed E-state index contributed by atoms with van der Waals surface area (Å²) < 4.78 is 0. The largest absolute Gasteiger partial charge is 0.395 e. The predicted octanol–water partition coefficient (Wildman–Crippen LogP) is 2.48. The molecule has 0 saturated carbocycles. The summed E-state index contributed by atoms with van der Waals surface area (Å²) in [5.74, 6) is 2.11. The number of hydrogen-bond acceptors (Lipinski definition) is 5. The predicted molar refractivity (Wildman–Crippen MR) is 84.7 cm³/mol. The molecule has 1 aromatic rings. The molecule has 0 spiro atoms. The normalized spacial score (nSPS) is 18.9. The maximum atomic E-state index is 12.4. The van der Waals surface area contributed by atoms with Crippen LogP contribution in [0.2, 0.25) is 0 Å². The van der Waals surface area contributed by atoms with Gasteiger partial charge in [-0.25, -0.2) is 9.78 Å². The highest BCUT2D eigenvalue weighted by atomic mass is 32.2. The molecule has 7 heteroatoms. The number of nitrogens with one attached hydrogen (secondary N) is 1. The minimum atomic E-state index is -0.152. The molecule has 0 bridgehead atoms. The fourth-order valence-corrected chi connectivity index (χ4v) is 4.18. The Morgan fingerprint density at radius 3 is 2.90 bits per heavy atom. The van der Waals surface area contributed by atoms with Gasteiger partial charge in [-0.05, 0) is 32.4 Å². The van der Waals surface area contributed by atoms with Crippen LogP contribution >= 0.6 is 23.1 Å². The van der Waals surface area contributed by atoms with Gasteiger partial charge >= 0.3 is 6.03 Å². The molecule has 5 nitrogen and oxygen atoms in total. The van der Waals surface area contributed by atoms with Crippen molar-refractivity contribution in [3.63, 3.8) is 0 Å². The second-order valence-corrected chi connectivity index (χ2v) is 7.23. The average molecular weight is 315 g/mol. The van der Waals surface area contributed by atoms with E-state index in [0.717, 1.165) is 34.9 Å². The van der Waals surface area contributed by atoms with Gasteiger partial charge in [0.05, 0.1) is 12.3 Å². The van der Waals surface area contributed by atoms with Gasteiger partial charge in [0.2, 0.25) is 0 Å². The minimum absolute atomic E-state index is 0.00941. The molecule has 1 atom stereocenters. The maximum absolute atomic E-state index is 12.4. The lowest BCUT2D eigenvalue weighted by atomic mass is 10.1. The van der Waals surface area contributed by atoms with Crippen LogP contribution in [0.1, 0.15) is 23.4 Å². The number of anilines is 1. The molecule has 2 N–H and O–H groups in total. The number of thiazole rings is 1. The molecule has 2 rings (SSSR count). The number of hydrogen-bond donors (Lipinski definition) is 2. The number of aliphatic hydroxyl groups is 1. The summed E-state index contributed by atoms with van der Waals surface area (Å²) in [6, 6.07) is 0.0587. The Labute approximate surface area is 127 Å². The molecular formula is C13H21N3O2S2. The van der Waals surface area contributed by atoms with Gasteiger partial charge in [-0.3, -0.25) is 5.32 Å². The zero-order chi connectivity index (χ0) is 14.5. The van der Waals surface area contributed by atoms with Gasteiger partial charge in [0.25, 0.3) is 0 Å². The van der Waals surface area contributed by atoms with Crippen LogP contribution in [0.25, 0.3) is 0 Å². The molecule has 2 amide bonds. The molecular weight excluding hydrogens is 294 g/mol. The van der Waals surface area contributed by atoms with Crippen molar-refractivity contribution in [3.05, 3.63) is 10.6 Å². The SMILES string of the molecule is Cc1nc(NC(=O)N(CCO)C2CCCSC2)sc1C. The van der Waals surface area contributed by atoms with E-state index in [9.17, 15) is 9.90 Å². The second kappa shape index (κ2) is 7.28. The van der Waals surface area contributed by atoms with E-state index in [2.05, 4.69) is 10.3 Å². The van der Waals surface area contributed by atoms with E-state index in [-0.39, 0.29) is 18.7 Å².